The smallest absolute Gasteiger partial charge is 0.238 e. The average molecular weight is 469 g/mol. The Morgan fingerprint density at radius 2 is 1.91 bits per heavy atom. The Kier molecular flexibility index (Phi) is 6.14. The standard InChI is InChI=1S/C23H24N4O3S2/c1-3-4-21(28)16-5-10-20-19(13-16)26-23(27(20)14-22-15(2)11-12-31-22)25-17-6-8-18(9-7-17)32(24,29)30/h5-13H,3-4,14H2,1-2H3,(H,25,26)(H2,24,29,30). The molecule has 32 heavy (non-hydrogen) atoms. The summed E-state index contributed by atoms with van der Waals surface area (Å²) < 4.78 is 25.1. The lowest BCUT2D eigenvalue weighted by atomic mass is 10.1. The summed E-state index contributed by atoms with van der Waals surface area (Å²) in [5.74, 6) is 0.711. The minimum Gasteiger partial charge on any atom is -0.326 e. The van der Waals surface area contributed by atoms with Gasteiger partial charge in [-0.15, -0.1) is 11.3 Å². The molecule has 0 amide bonds. The van der Waals surface area contributed by atoms with Crippen LogP contribution in [0.25, 0.3) is 11.0 Å². The minimum atomic E-state index is -3.76. The number of ketones is 1. The number of rotatable bonds is 8. The first-order valence-electron chi connectivity index (χ1n) is 10.2. The van der Waals surface area contributed by atoms with Crippen LogP contribution in [0.1, 0.15) is 40.6 Å². The van der Waals surface area contributed by atoms with Crippen molar-refractivity contribution in [2.75, 3.05) is 5.32 Å². The van der Waals surface area contributed by atoms with Gasteiger partial charge >= 0.3 is 0 Å². The van der Waals surface area contributed by atoms with E-state index in [2.05, 4.69) is 28.3 Å². The van der Waals surface area contributed by atoms with Gasteiger partial charge in [0.25, 0.3) is 0 Å². The molecule has 7 nitrogen and oxygen atoms in total. The first-order chi connectivity index (χ1) is 15.3. The van der Waals surface area contributed by atoms with Gasteiger partial charge in [-0.3, -0.25) is 4.79 Å². The predicted molar refractivity (Wildman–Crippen MR) is 128 cm³/mol. The molecule has 0 aliphatic rings. The fourth-order valence-electron chi connectivity index (χ4n) is 3.50. The number of sulfonamides is 1. The lowest BCUT2D eigenvalue weighted by Crippen LogP contribution is -2.12. The SMILES string of the molecule is CCCC(=O)c1ccc2c(c1)nc(Nc1ccc(S(N)(=O)=O)cc1)n2Cc1sccc1C. The van der Waals surface area contributed by atoms with Crippen molar-refractivity contribution < 1.29 is 13.2 Å². The summed E-state index contributed by atoms with van der Waals surface area (Å²) in [4.78, 5) is 18.4. The molecule has 0 atom stereocenters. The number of primary sulfonamides is 1. The second-order valence-corrected chi connectivity index (χ2v) is 10.2. The maximum absolute atomic E-state index is 12.4. The molecule has 0 bridgehead atoms. The van der Waals surface area contributed by atoms with Crippen LogP contribution in [0.2, 0.25) is 0 Å². The van der Waals surface area contributed by atoms with E-state index in [9.17, 15) is 13.2 Å². The van der Waals surface area contributed by atoms with E-state index in [1.165, 1.54) is 22.6 Å². The van der Waals surface area contributed by atoms with Gasteiger partial charge < -0.3 is 9.88 Å². The highest BCUT2D eigenvalue weighted by molar-refractivity contribution is 7.89. The Bertz CT molecular complexity index is 1390. The van der Waals surface area contributed by atoms with Gasteiger partial charge in [0.2, 0.25) is 16.0 Å². The van der Waals surface area contributed by atoms with Crippen LogP contribution < -0.4 is 10.5 Å². The normalized spacial score (nSPS) is 11.7. The highest BCUT2D eigenvalue weighted by atomic mass is 32.2. The van der Waals surface area contributed by atoms with Gasteiger partial charge in [-0.1, -0.05) is 6.92 Å². The fraction of sp³-hybridized carbons (Fsp3) is 0.217. The van der Waals surface area contributed by atoms with Crippen molar-refractivity contribution in [2.45, 2.75) is 38.1 Å². The number of hydrogen-bond acceptors (Lipinski definition) is 6. The molecular formula is C23H24N4O3S2. The van der Waals surface area contributed by atoms with Gasteiger partial charge in [0.15, 0.2) is 5.78 Å². The molecule has 0 unspecified atom stereocenters. The number of fused-ring (bicyclic) bond motifs is 1. The average Bonchev–Trinajstić information content (AvgIpc) is 3.31. The minimum absolute atomic E-state index is 0.0461. The predicted octanol–water partition coefficient (Wildman–Crippen LogP) is 4.83. The van der Waals surface area contributed by atoms with Crippen LogP contribution in [0.4, 0.5) is 11.6 Å². The summed E-state index contributed by atoms with van der Waals surface area (Å²) >= 11 is 1.68. The lowest BCUT2D eigenvalue weighted by molar-refractivity contribution is 0.0982. The molecule has 2 aromatic carbocycles. The maximum atomic E-state index is 12.4. The molecule has 166 valence electrons. The second-order valence-electron chi connectivity index (χ2n) is 7.62. The highest BCUT2D eigenvalue weighted by Gasteiger charge is 2.16. The molecule has 0 aliphatic heterocycles. The summed E-state index contributed by atoms with van der Waals surface area (Å²) in [6, 6.07) is 13.9. The molecular weight excluding hydrogens is 444 g/mol. The number of anilines is 2. The van der Waals surface area contributed by atoms with Gasteiger partial charge in [0, 0.05) is 22.5 Å². The highest BCUT2D eigenvalue weighted by Crippen LogP contribution is 2.28. The van der Waals surface area contributed by atoms with Gasteiger partial charge in [-0.25, -0.2) is 18.5 Å². The Balaban J connectivity index is 1.75. The number of imidazole rings is 1. The number of nitrogens with one attached hydrogen (secondary N) is 1. The van der Waals surface area contributed by atoms with E-state index in [0.717, 1.165) is 17.5 Å². The van der Waals surface area contributed by atoms with Crippen LogP contribution in [0.15, 0.2) is 58.8 Å². The van der Waals surface area contributed by atoms with E-state index in [4.69, 9.17) is 10.1 Å². The number of carbonyl (C=O) groups is 1. The van der Waals surface area contributed by atoms with Crippen molar-refractivity contribution in [2.24, 2.45) is 5.14 Å². The molecule has 0 saturated carbocycles. The first kappa shape index (κ1) is 22.2. The van der Waals surface area contributed by atoms with Gasteiger partial charge in [-0.05, 0) is 72.8 Å². The van der Waals surface area contributed by atoms with Crippen molar-refractivity contribution in [3.63, 3.8) is 0 Å². The first-order valence-corrected chi connectivity index (χ1v) is 12.6. The molecule has 2 aromatic heterocycles. The van der Waals surface area contributed by atoms with E-state index in [1.54, 1.807) is 23.5 Å². The number of benzene rings is 2. The third-order valence-electron chi connectivity index (χ3n) is 5.26. The summed E-state index contributed by atoms with van der Waals surface area (Å²) in [6.45, 7) is 4.68. The monoisotopic (exact) mass is 468 g/mol. The van der Waals surface area contributed by atoms with Crippen LogP contribution in [-0.4, -0.2) is 23.8 Å². The molecule has 0 saturated heterocycles. The fourth-order valence-corrected chi connectivity index (χ4v) is 4.91. The number of nitrogens with zero attached hydrogens (tertiary/aromatic N) is 2. The molecule has 2 heterocycles. The van der Waals surface area contributed by atoms with Crippen LogP contribution >= 0.6 is 11.3 Å². The summed E-state index contributed by atoms with van der Waals surface area (Å²) in [5, 5.41) is 10.5. The molecule has 0 radical (unpaired) electrons. The van der Waals surface area contributed by atoms with Gasteiger partial charge in [-0.2, -0.15) is 0 Å². The number of carbonyl (C=O) groups excluding carboxylic acids is 1. The molecule has 9 heteroatoms. The molecule has 4 rings (SSSR count). The topological polar surface area (TPSA) is 107 Å². The zero-order chi connectivity index (χ0) is 22.9. The summed E-state index contributed by atoms with van der Waals surface area (Å²) in [7, 11) is -3.76. The van der Waals surface area contributed by atoms with Crippen LogP contribution in [0.3, 0.4) is 0 Å². The third-order valence-corrected chi connectivity index (χ3v) is 7.19. The molecule has 0 spiro atoms. The number of thiophene rings is 1. The Morgan fingerprint density at radius 1 is 1.16 bits per heavy atom. The van der Waals surface area contributed by atoms with Crippen LogP contribution in [0, 0.1) is 6.92 Å². The number of aryl methyl sites for hydroxylation is 1. The number of Topliss-reactive ketones (excluding diaryl/α,β-unsaturated/α-hetero) is 1. The van der Waals surface area contributed by atoms with E-state index in [-0.39, 0.29) is 10.7 Å². The Hall–Kier alpha value is -3.01. The number of hydrogen-bond donors (Lipinski definition) is 2. The molecule has 0 fully saturated rings. The maximum Gasteiger partial charge on any atom is 0.238 e. The number of nitrogens with two attached hydrogens (primary N) is 1. The van der Waals surface area contributed by atoms with Crippen molar-refractivity contribution in [1.29, 1.82) is 0 Å². The van der Waals surface area contributed by atoms with E-state index in [1.807, 2.05) is 25.1 Å². The van der Waals surface area contributed by atoms with Crippen molar-refractivity contribution >= 4 is 49.8 Å². The van der Waals surface area contributed by atoms with Crippen LogP contribution in [-0.2, 0) is 16.6 Å². The second kappa shape index (κ2) is 8.85. The van der Waals surface area contributed by atoms with Crippen molar-refractivity contribution in [1.82, 2.24) is 9.55 Å². The zero-order valence-corrected chi connectivity index (χ0v) is 19.5. The summed E-state index contributed by atoms with van der Waals surface area (Å²) in [6.07, 6.45) is 1.30. The molecule has 3 N–H and O–H groups in total. The molecule has 4 aromatic rings. The van der Waals surface area contributed by atoms with E-state index >= 15 is 0 Å². The Morgan fingerprint density at radius 3 is 2.53 bits per heavy atom. The Labute approximate surface area is 191 Å². The van der Waals surface area contributed by atoms with Crippen molar-refractivity contribution in [3.8, 4) is 0 Å². The van der Waals surface area contributed by atoms with Crippen LogP contribution in [0.5, 0.6) is 0 Å². The van der Waals surface area contributed by atoms with Crippen molar-refractivity contribution in [3.05, 3.63) is 69.9 Å². The van der Waals surface area contributed by atoms with E-state index in [0.29, 0.717) is 30.2 Å². The van der Waals surface area contributed by atoms with E-state index < -0.39 is 10.0 Å². The molecule has 0 aliphatic carbocycles. The lowest BCUT2D eigenvalue weighted by Gasteiger charge is -2.11. The largest absolute Gasteiger partial charge is 0.326 e. The third kappa shape index (κ3) is 4.59. The summed E-state index contributed by atoms with van der Waals surface area (Å²) in [5.41, 5.74) is 4.17. The van der Waals surface area contributed by atoms with Gasteiger partial charge in [0.1, 0.15) is 0 Å². The zero-order valence-electron chi connectivity index (χ0n) is 17.8. The van der Waals surface area contributed by atoms with Gasteiger partial charge in [0.05, 0.1) is 22.5 Å². The number of aromatic nitrogens is 2. The quantitative estimate of drug-likeness (QED) is 0.360.